The molecule has 0 amide bonds. The number of carboxylic acids is 1. The van der Waals surface area contributed by atoms with Gasteiger partial charge in [-0.2, -0.15) is 5.26 Å². The van der Waals surface area contributed by atoms with Crippen molar-refractivity contribution in [3.63, 3.8) is 0 Å². The second-order valence-corrected chi connectivity index (χ2v) is 3.59. The van der Waals surface area contributed by atoms with Gasteiger partial charge in [-0.25, -0.2) is 4.79 Å². The molecule has 0 heterocycles. The highest BCUT2D eigenvalue weighted by molar-refractivity contribution is 6.31. The van der Waals surface area contributed by atoms with Gasteiger partial charge < -0.3 is 5.11 Å². The van der Waals surface area contributed by atoms with Crippen molar-refractivity contribution in [3.8, 4) is 6.07 Å². The zero-order valence-electron chi connectivity index (χ0n) is 8.40. The summed E-state index contributed by atoms with van der Waals surface area (Å²) in [4.78, 5) is 22.1. The van der Waals surface area contributed by atoms with Crippen LogP contribution in [0.2, 0.25) is 0 Å². The number of Topliss-reactive ketones (excluding diaryl/α,β-unsaturated/α-hetero) is 1. The lowest BCUT2D eigenvalue weighted by Gasteiger charge is -2.11. The minimum atomic E-state index is -1.21. The summed E-state index contributed by atoms with van der Waals surface area (Å²) in [6.45, 7) is 1.25. The quantitative estimate of drug-likeness (QED) is 0.817. The van der Waals surface area contributed by atoms with E-state index in [0.29, 0.717) is 0 Å². The third kappa shape index (κ3) is 2.20. The molecule has 82 valence electrons. The van der Waals surface area contributed by atoms with Gasteiger partial charge in [-0.05, 0) is 19.1 Å². The van der Waals surface area contributed by atoms with Gasteiger partial charge >= 0.3 is 5.97 Å². The van der Waals surface area contributed by atoms with Crippen molar-refractivity contribution >= 4 is 23.4 Å². The van der Waals surface area contributed by atoms with Gasteiger partial charge in [0.15, 0.2) is 5.78 Å². The lowest BCUT2D eigenvalue weighted by molar-refractivity contribution is -0.116. The average Bonchev–Trinajstić information content (AvgIpc) is 2.26. The predicted octanol–water partition coefficient (Wildman–Crippen LogP) is 2.13. The topological polar surface area (TPSA) is 78.2 Å². The molecule has 0 aliphatic carbocycles. The SMILES string of the molecule is CC(=O)C(Cl)c1c(C#N)cccc1C(=O)O. The van der Waals surface area contributed by atoms with Crippen LogP contribution in [-0.4, -0.2) is 16.9 Å². The first-order valence-corrected chi connectivity index (χ1v) is 4.83. The van der Waals surface area contributed by atoms with Crippen molar-refractivity contribution < 1.29 is 14.7 Å². The maximum Gasteiger partial charge on any atom is 0.336 e. The van der Waals surface area contributed by atoms with Crippen LogP contribution in [0.15, 0.2) is 18.2 Å². The molecule has 1 N–H and O–H groups in total. The normalized spacial score (nSPS) is 11.6. The number of benzene rings is 1. The Morgan fingerprint density at radius 2 is 2.12 bits per heavy atom. The molecule has 16 heavy (non-hydrogen) atoms. The Bertz CT molecular complexity index is 490. The van der Waals surface area contributed by atoms with Crippen LogP contribution in [0.25, 0.3) is 0 Å². The van der Waals surface area contributed by atoms with Crippen LogP contribution in [0.5, 0.6) is 0 Å². The molecule has 1 unspecified atom stereocenters. The number of aromatic carboxylic acids is 1. The van der Waals surface area contributed by atoms with E-state index >= 15 is 0 Å². The van der Waals surface area contributed by atoms with Gasteiger partial charge in [-0.1, -0.05) is 6.07 Å². The second-order valence-electron chi connectivity index (χ2n) is 3.16. The first kappa shape index (κ1) is 12.2. The molecule has 0 aromatic heterocycles. The van der Waals surface area contributed by atoms with Gasteiger partial charge in [0.2, 0.25) is 0 Å². The average molecular weight is 238 g/mol. The van der Waals surface area contributed by atoms with E-state index in [4.69, 9.17) is 22.0 Å². The number of rotatable bonds is 3. The van der Waals surface area contributed by atoms with Crippen molar-refractivity contribution in [3.05, 3.63) is 34.9 Å². The van der Waals surface area contributed by atoms with Crippen LogP contribution in [0.1, 0.15) is 33.8 Å². The van der Waals surface area contributed by atoms with E-state index in [9.17, 15) is 9.59 Å². The number of halogens is 1. The summed E-state index contributed by atoms with van der Waals surface area (Å²) in [5.74, 6) is -1.61. The summed E-state index contributed by atoms with van der Waals surface area (Å²) >= 11 is 5.81. The molecule has 0 bridgehead atoms. The summed E-state index contributed by atoms with van der Waals surface area (Å²) in [7, 11) is 0. The number of nitrogens with zero attached hydrogens (tertiary/aromatic N) is 1. The molecular formula is C11H8ClNO3. The lowest BCUT2D eigenvalue weighted by Crippen LogP contribution is -2.11. The second kappa shape index (κ2) is 4.77. The lowest BCUT2D eigenvalue weighted by atomic mass is 9.97. The molecule has 0 saturated carbocycles. The largest absolute Gasteiger partial charge is 0.478 e. The molecule has 4 nitrogen and oxygen atoms in total. The van der Waals surface area contributed by atoms with Crippen molar-refractivity contribution in [2.45, 2.75) is 12.3 Å². The first-order chi connectivity index (χ1) is 7.49. The molecule has 1 aromatic carbocycles. The summed E-state index contributed by atoms with van der Waals surface area (Å²) in [5.41, 5.74) is 0.0519. The van der Waals surface area contributed by atoms with Crippen LogP contribution in [0, 0.1) is 11.3 Å². The Morgan fingerprint density at radius 3 is 2.56 bits per heavy atom. The molecule has 5 heteroatoms. The predicted molar refractivity (Wildman–Crippen MR) is 57.4 cm³/mol. The van der Waals surface area contributed by atoms with Crippen LogP contribution in [0.3, 0.4) is 0 Å². The smallest absolute Gasteiger partial charge is 0.336 e. The van der Waals surface area contributed by atoms with E-state index < -0.39 is 17.1 Å². The highest BCUT2D eigenvalue weighted by Gasteiger charge is 2.23. The van der Waals surface area contributed by atoms with Gasteiger partial charge in [0, 0.05) is 5.56 Å². The number of ketones is 1. The zero-order valence-corrected chi connectivity index (χ0v) is 9.15. The molecule has 1 aromatic rings. The fraction of sp³-hybridized carbons (Fsp3) is 0.182. The van der Waals surface area contributed by atoms with Crippen molar-refractivity contribution in [2.75, 3.05) is 0 Å². The van der Waals surface area contributed by atoms with E-state index in [1.54, 1.807) is 0 Å². The minimum absolute atomic E-state index is 0.0617. The highest BCUT2D eigenvalue weighted by Crippen LogP contribution is 2.28. The number of carboxylic acid groups (broad SMARTS) is 1. The number of carbonyl (C=O) groups excluding carboxylic acids is 1. The third-order valence-corrected chi connectivity index (χ3v) is 2.59. The Morgan fingerprint density at radius 1 is 1.50 bits per heavy atom. The van der Waals surface area contributed by atoms with Gasteiger partial charge in [-0.3, -0.25) is 4.79 Å². The number of alkyl halides is 1. The van der Waals surface area contributed by atoms with E-state index in [2.05, 4.69) is 0 Å². The molecule has 0 aliphatic rings. The van der Waals surface area contributed by atoms with E-state index in [1.807, 2.05) is 6.07 Å². The van der Waals surface area contributed by atoms with Crippen molar-refractivity contribution in [2.24, 2.45) is 0 Å². The Kier molecular flexibility index (Phi) is 3.64. The number of carbonyl (C=O) groups is 2. The van der Waals surface area contributed by atoms with Crippen LogP contribution >= 0.6 is 11.6 Å². The Hall–Kier alpha value is -1.86. The van der Waals surface area contributed by atoms with Crippen LogP contribution in [-0.2, 0) is 4.79 Å². The van der Waals surface area contributed by atoms with Gasteiger partial charge in [0.05, 0.1) is 17.2 Å². The maximum absolute atomic E-state index is 11.2. The monoisotopic (exact) mass is 237 g/mol. The van der Waals surface area contributed by atoms with Gasteiger partial charge in [-0.15, -0.1) is 11.6 Å². The van der Waals surface area contributed by atoms with E-state index in [-0.39, 0.29) is 16.7 Å². The summed E-state index contributed by atoms with van der Waals surface area (Å²) in [6.07, 6.45) is 0. The fourth-order valence-corrected chi connectivity index (χ4v) is 1.56. The Balaban J connectivity index is 3.49. The molecule has 0 spiro atoms. The van der Waals surface area contributed by atoms with Crippen molar-refractivity contribution in [1.29, 1.82) is 5.26 Å². The van der Waals surface area contributed by atoms with Crippen molar-refractivity contribution in [1.82, 2.24) is 0 Å². The molecule has 0 radical (unpaired) electrons. The zero-order chi connectivity index (χ0) is 12.3. The number of nitriles is 1. The Labute approximate surface area is 97.1 Å². The molecule has 1 rings (SSSR count). The van der Waals surface area contributed by atoms with E-state index in [0.717, 1.165) is 0 Å². The van der Waals surface area contributed by atoms with Gasteiger partial charge in [0.25, 0.3) is 0 Å². The highest BCUT2D eigenvalue weighted by atomic mass is 35.5. The van der Waals surface area contributed by atoms with E-state index in [1.165, 1.54) is 25.1 Å². The maximum atomic E-state index is 11.2. The minimum Gasteiger partial charge on any atom is -0.478 e. The van der Waals surface area contributed by atoms with Crippen LogP contribution < -0.4 is 0 Å². The molecule has 0 fully saturated rings. The summed E-state index contributed by atoms with van der Waals surface area (Å²) in [5, 5.41) is 16.7. The molecule has 0 aliphatic heterocycles. The van der Waals surface area contributed by atoms with Crippen LogP contribution in [0.4, 0.5) is 0 Å². The number of hydrogen-bond donors (Lipinski definition) is 1. The first-order valence-electron chi connectivity index (χ1n) is 4.40. The summed E-state index contributed by atoms with van der Waals surface area (Å²) in [6, 6.07) is 6.01. The third-order valence-electron chi connectivity index (χ3n) is 2.07. The summed E-state index contributed by atoms with van der Waals surface area (Å²) < 4.78 is 0. The number of hydrogen-bond acceptors (Lipinski definition) is 3. The molecule has 0 saturated heterocycles. The standard InChI is InChI=1S/C11H8ClNO3/c1-6(14)10(12)9-7(5-13)3-2-4-8(9)11(15)16/h2-4,10H,1H3,(H,15,16). The molecule has 1 atom stereocenters. The molecular weight excluding hydrogens is 230 g/mol. The fourth-order valence-electron chi connectivity index (χ4n) is 1.33. The van der Waals surface area contributed by atoms with Gasteiger partial charge in [0.1, 0.15) is 5.38 Å².